The van der Waals surface area contributed by atoms with Gasteiger partial charge < -0.3 is 57.5 Å². The van der Waals surface area contributed by atoms with Crippen LogP contribution in [0.1, 0.15) is 13.3 Å². The molecule has 11 nitrogen and oxygen atoms in total. The zero-order chi connectivity index (χ0) is 21.7. The lowest BCUT2D eigenvalue weighted by Gasteiger charge is -2.46. The molecule has 13 heteroatoms. The Kier molecular flexibility index (Phi) is 11.8. The van der Waals surface area contributed by atoms with Crippen molar-refractivity contribution in [3.05, 3.63) is 0 Å². The van der Waals surface area contributed by atoms with Crippen LogP contribution in [0.4, 0.5) is 0 Å². The Labute approximate surface area is 187 Å². The van der Waals surface area contributed by atoms with Crippen LogP contribution in [0, 0.1) is 0 Å². The van der Waals surface area contributed by atoms with E-state index in [2.05, 4.69) is 17.6 Å². The minimum Gasteiger partial charge on any atom is -1.00 e. The average Bonchev–Trinajstić information content (AvgIpc) is 2.70. The number of hydrogen-bond donors (Lipinski definition) is 8. The molecule has 0 amide bonds. The molecule has 0 saturated carbocycles. The number of amidine groups is 1. The van der Waals surface area contributed by atoms with Gasteiger partial charge in [0.15, 0.2) is 6.04 Å². The van der Waals surface area contributed by atoms with Crippen molar-refractivity contribution in [1.29, 1.82) is 0 Å². The summed E-state index contributed by atoms with van der Waals surface area (Å²) in [5, 5.41) is 40.7. The fourth-order valence-electron chi connectivity index (χ4n) is 3.67. The van der Waals surface area contributed by atoms with E-state index in [1.54, 1.807) is 6.92 Å². The molecule has 2 aliphatic heterocycles. The Balaban J connectivity index is 0.00000450. The van der Waals surface area contributed by atoms with Gasteiger partial charge in [0.2, 0.25) is 12.1 Å². The standard InChI is InChI=1S/C17H33N3O8S.ClH/c1-7-11(19)13(23)16(9(6-22)26-7)28-17-12(20-10(18)3-4-29)14(24)15(25-2)8(5-21)27-17;/h7-9,11-17,21-24,29H,3-6,19H2,1-2H3,(H2,18,20);1H/t7-,8?,9?,11?,12?,13-,14-,15-,16-,17+;/m1./s1. The second kappa shape index (κ2) is 12.7. The molecule has 2 rings (SSSR count). The van der Waals surface area contributed by atoms with Crippen molar-refractivity contribution in [2.45, 2.75) is 74.4 Å². The lowest BCUT2D eigenvalue weighted by Crippen LogP contribution is -3.00. The molecule has 2 heterocycles. The van der Waals surface area contributed by atoms with Gasteiger partial charge in [0.05, 0.1) is 31.8 Å². The minimum absolute atomic E-state index is 0. The summed E-state index contributed by atoms with van der Waals surface area (Å²) in [6.45, 7) is 0.849. The summed E-state index contributed by atoms with van der Waals surface area (Å²) in [5.74, 6) is 0.832. The maximum Gasteiger partial charge on any atom is 0.241 e. The van der Waals surface area contributed by atoms with Crippen LogP contribution in [-0.2, 0) is 18.9 Å². The van der Waals surface area contributed by atoms with Crippen molar-refractivity contribution in [3.8, 4) is 0 Å². The molecule has 0 bridgehead atoms. The van der Waals surface area contributed by atoms with Gasteiger partial charge in [-0.05, 0) is 6.92 Å². The van der Waals surface area contributed by atoms with Crippen LogP contribution >= 0.6 is 12.6 Å². The number of thiol groups is 1. The van der Waals surface area contributed by atoms with Gasteiger partial charge in [0.1, 0.15) is 36.6 Å². The molecule has 10 atom stereocenters. The van der Waals surface area contributed by atoms with Crippen molar-refractivity contribution < 1.29 is 56.8 Å². The Hall–Kier alpha value is -0.250. The van der Waals surface area contributed by atoms with Crippen LogP contribution in [0.15, 0.2) is 0 Å². The molecule has 9 N–H and O–H groups in total. The SMILES string of the molecule is CO[C@@H]1C(CO)O[C@@H](O[C@@H]2C(CO)O[C@H](C)C(N)[C@H]2O)C([NH+]=C(N)CCS)[C@H]1O.[Cl-]. The minimum atomic E-state index is -1.16. The first-order chi connectivity index (χ1) is 13.8. The molecule has 2 saturated heterocycles. The normalized spacial score (nSPS) is 42.6. The van der Waals surface area contributed by atoms with Crippen LogP contribution in [0.5, 0.6) is 0 Å². The number of halogens is 1. The van der Waals surface area contributed by atoms with E-state index in [1.165, 1.54) is 7.11 Å². The van der Waals surface area contributed by atoms with Crippen LogP contribution in [-0.4, -0.2) is 113 Å². The molecule has 0 spiro atoms. The zero-order valence-electron chi connectivity index (χ0n) is 17.0. The fraction of sp³-hybridized carbons (Fsp3) is 0.941. The van der Waals surface area contributed by atoms with Gasteiger partial charge in [-0.3, -0.25) is 10.7 Å². The van der Waals surface area contributed by atoms with Gasteiger partial charge in [-0.25, -0.2) is 0 Å². The predicted octanol–water partition coefficient (Wildman–Crippen LogP) is -7.94. The smallest absolute Gasteiger partial charge is 0.241 e. The molecule has 2 aliphatic rings. The number of methoxy groups -OCH3 is 1. The number of nitrogens with two attached hydrogens (primary N) is 2. The second-order valence-corrected chi connectivity index (χ2v) is 7.76. The number of rotatable bonds is 8. The van der Waals surface area contributed by atoms with Crippen molar-refractivity contribution in [2.24, 2.45) is 11.5 Å². The molecule has 0 aromatic heterocycles. The van der Waals surface area contributed by atoms with E-state index < -0.39 is 74.3 Å². The van der Waals surface area contributed by atoms with E-state index in [1.807, 2.05) is 0 Å². The number of aliphatic hydroxyl groups excluding tert-OH is 4. The van der Waals surface area contributed by atoms with E-state index in [9.17, 15) is 20.4 Å². The summed E-state index contributed by atoms with van der Waals surface area (Å²) in [5.41, 5.74) is 11.9. The molecule has 0 aromatic carbocycles. The molecule has 0 aliphatic carbocycles. The quantitative estimate of drug-likeness (QED) is 0.0952. The van der Waals surface area contributed by atoms with Gasteiger partial charge in [0, 0.05) is 12.9 Å². The topological polar surface area (TPSA) is 184 Å². The molecule has 0 aromatic rings. The molecular weight excluding hydrogens is 442 g/mol. The lowest BCUT2D eigenvalue weighted by molar-refractivity contribution is -0.566. The number of hydrogen-bond acceptors (Lipinski definition) is 10. The van der Waals surface area contributed by atoms with Crippen LogP contribution in [0.2, 0.25) is 0 Å². The Bertz CT molecular complexity index is 549. The maximum atomic E-state index is 10.8. The first-order valence-corrected chi connectivity index (χ1v) is 10.2. The van der Waals surface area contributed by atoms with Crippen LogP contribution in [0.3, 0.4) is 0 Å². The van der Waals surface area contributed by atoms with Gasteiger partial charge in [0.25, 0.3) is 0 Å². The summed E-state index contributed by atoms with van der Waals surface area (Å²) >= 11 is 4.13. The van der Waals surface area contributed by atoms with Crippen molar-refractivity contribution in [3.63, 3.8) is 0 Å². The third-order valence-corrected chi connectivity index (χ3v) is 5.58. The Morgan fingerprint density at radius 1 is 1.10 bits per heavy atom. The first-order valence-electron chi connectivity index (χ1n) is 9.60. The van der Waals surface area contributed by atoms with E-state index >= 15 is 0 Å². The third kappa shape index (κ3) is 6.17. The summed E-state index contributed by atoms with van der Waals surface area (Å²) < 4.78 is 22.7. The summed E-state index contributed by atoms with van der Waals surface area (Å²) in [4.78, 5) is 2.95. The summed E-state index contributed by atoms with van der Waals surface area (Å²) in [7, 11) is 1.39. The second-order valence-electron chi connectivity index (χ2n) is 7.32. The number of aliphatic hydroxyl groups is 4. The maximum absolute atomic E-state index is 10.8. The molecule has 4 unspecified atom stereocenters. The predicted molar refractivity (Wildman–Crippen MR) is 105 cm³/mol. The van der Waals surface area contributed by atoms with Crippen LogP contribution in [0.25, 0.3) is 0 Å². The van der Waals surface area contributed by atoms with E-state index in [4.69, 9.17) is 30.4 Å². The monoisotopic (exact) mass is 475 g/mol. The molecule has 0 radical (unpaired) electrons. The molecule has 2 fully saturated rings. The van der Waals surface area contributed by atoms with Gasteiger partial charge in [-0.2, -0.15) is 12.6 Å². The van der Waals surface area contributed by atoms with Crippen molar-refractivity contribution in [2.75, 3.05) is 26.1 Å². The van der Waals surface area contributed by atoms with E-state index in [0.717, 1.165) is 0 Å². The zero-order valence-corrected chi connectivity index (χ0v) is 18.7. The molecule has 178 valence electrons. The van der Waals surface area contributed by atoms with E-state index in [0.29, 0.717) is 18.0 Å². The Morgan fingerprint density at radius 2 is 1.70 bits per heavy atom. The average molecular weight is 476 g/mol. The number of nitrogens with one attached hydrogen (secondary N) is 1. The highest BCUT2D eigenvalue weighted by Gasteiger charge is 2.51. The highest BCUT2D eigenvalue weighted by molar-refractivity contribution is 7.80. The summed E-state index contributed by atoms with van der Waals surface area (Å²) in [6.07, 6.45) is -7.13. The fourth-order valence-corrected chi connectivity index (χ4v) is 3.91. The first kappa shape index (κ1) is 27.8. The number of ether oxygens (including phenoxy) is 4. The highest BCUT2D eigenvalue weighted by Crippen LogP contribution is 2.28. The largest absolute Gasteiger partial charge is 1.00 e. The summed E-state index contributed by atoms with van der Waals surface area (Å²) in [6, 6.07) is -1.63. The Morgan fingerprint density at radius 3 is 2.23 bits per heavy atom. The van der Waals surface area contributed by atoms with E-state index in [-0.39, 0.29) is 12.4 Å². The van der Waals surface area contributed by atoms with Crippen molar-refractivity contribution >= 4 is 18.5 Å². The molecular formula is C17H34ClN3O8S. The lowest BCUT2D eigenvalue weighted by atomic mass is 9.93. The van der Waals surface area contributed by atoms with Crippen molar-refractivity contribution in [1.82, 2.24) is 0 Å². The van der Waals surface area contributed by atoms with Gasteiger partial charge in [-0.15, -0.1) is 0 Å². The highest BCUT2D eigenvalue weighted by atomic mass is 35.5. The van der Waals surface area contributed by atoms with Gasteiger partial charge in [-0.1, -0.05) is 0 Å². The van der Waals surface area contributed by atoms with Gasteiger partial charge >= 0.3 is 0 Å². The van der Waals surface area contributed by atoms with Crippen LogP contribution < -0.4 is 28.9 Å². The molecule has 30 heavy (non-hydrogen) atoms. The third-order valence-electron chi connectivity index (χ3n) is 5.36.